The lowest BCUT2D eigenvalue weighted by Crippen LogP contribution is -2.42. The van der Waals surface area contributed by atoms with Crippen LogP contribution in [-0.2, 0) is 14.3 Å². The van der Waals surface area contributed by atoms with Gasteiger partial charge in [0.1, 0.15) is 6.04 Å². The lowest BCUT2D eigenvalue weighted by Gasteiger charge is -2.08. The highest BCUT2D eigenvalue weighted by atomic mass is 19.4. The Kier molecular flexibility index (Phi) is 3.82. The van der Waals surface area contributed by atoms with Crippen molar-refractivity contribution in [2.24, 2.45) is 11.5 Å². The highest BCUT2D eigenvalue weighted by Gasteiger charge is 2.42. The smallest absolute Gasteiger partial charge is 0.385 e. The van der Waals surface area contributed by atoms with Crippen LogP contribution in [0.3, 0.4) is 0 Å². The number of alkyl halides is 3. The first-order valence-electron chi connectivity index (χ1n) is 3.07. The summed E-state index contributed by atoms with van der Waals surface area (Å²) in [4.78, 5) is 20.5. The Morgan fingerprint density at radius 1 is 1.38 bits per heavy atom. The summed E-state index contributed by atoms with van der Waals surface area (Å²) < 4.78 is 37.8. The fourth-order valence-electron chi connectivity index (χ4n) is 0.321. The molecule has 0 radical (unpaired) electrons. The molecule has 13 heavy (non-hydrogen) atoms. The third-order valence-electron chi connectivity index (χ3n) is 0.981. The Morgan fingerprint density at radius 2 is 1.85 bits per heavy atom. The molecule has 0 amide bonds. The number of ether oxygens (including phenoxy) is 1. The summed E-state index contributed by atoms with van der Waals surface area (Å²) in [7, 11) is 0. The molecule has 0 aromatic heterocycles. The minimum atomic E-state index is -5.20. The van der Waals surface area contributed by atoms with Crippen LogP contribution >= 0.6 is 0 Å². The number of rotatable bonds is 2. The molecule has 0 heterocycles. The van der Waals surface area contributed by atoms with Gasteiger partial charge in [-0.25, -0.2) is 9.59 Å². The first kappa shape index (κ1) is 11.8. The molecule has 0 spiro atoms. The van der Waals surface area contributed by atoms with E-state index in [1.54, 1.807) is 0 Å². The van der Waals surface area contributed by atoms with Gasteiger partial charge in [0.25, 0.3) is 0 Å². The van der Waals surface area contributed by atoms with Gasteiger partial charge in [0.05, 0.1) is 0 Å². The van der Waals surface area contributed by atoms with Gasteiger partial charge in [-0.1, -0.05) is 0 Å². The average Bonchev–Trinajstić information content (AvgIpc) is 2.01. The van der Waals surface area contributed by atoms with E-state index in [9.17, 15) is 22.8 Å². The summed E-state index contributed by atoms with van der Waals surface area (Å²) in [6.45, 7) is -0.399. The molecule has 0 aromatic carbocycles. The lowest BCUT2D eigenvalue weighted by molar-refractivity contribution is -0.202. The number of halogens is 3. The monoisotopic (exact) mass is 200 g/mol. The zero-order chi connectivity index (χ0) is 10.6. The predicted molar refractivity (Wildman–Crippen MR) is 34.2 cm³/mol. The topological polar surface area (TPSA) is 95.4 Å². The van der Waals surface area contributed by atoms with Crippen LogP contribution in [0, 0.1) is 0 Å². The Balaban J connectivity index is 4.16. The fraction of sp³-hybridized carbons (Fsp3) is 0.600. The molecule has 8 heteroatoms. The van der Waals surface area contributed by atoms with Crippen LogP contribution in [0.15, 0.2) is 0 Å². The Morgan fingerprint density at radius 3 is 2.15 bits per heavy atom. The van der Waals surface area contributed by atoms with Crippen LogP contribution in [-0.4, -0.2) is 30.7 Å². The molecule has 0 saturated carbocycles. The summed E-state index contributed by atoms with van der Waals surface area (Å²) in [6, 6.07) is -1.42. The minimum Gasteiger partial charge on any atom is -0.385 e. The zero-order valence-corrected chi connectivity index (χ0v) is 6.30. The van der Waals surface area contributed by atoms with Crippen LogP contribution in [0.1, 0.15) is 0 Å². The Bertz CT molecular complexity index is 216. The molecular weight excluding hydrogens is 193 g/mol. The number of hydrogen-bond donors (Lipinski definition) is 2. The minimum absolute atomic E-state index is 0.399. The van der Waals surface area contributed by atoms with E-state index >= 15 is 0 Å². The van der Waals surface area contributed by atoms with Gasteiger partial charge in [-0.2, -0.15) is 13.2 Å². The second kappa shape index (κ2) is 4.19. The van der Waals surface area contributed by atoms with Crippen LogP contribution in [0.25, 0.3) is 0 Å². The van der Waals surface area contributed by atoms with E-state index in [0.717, 1.165) is 0 Å². The highest BCUT2D eigenvalue weighted by molar-refractivity contribution is 5.90. The second-order valence-electron chi connectivity index (χ2n) is 2.05. The van der Waals surface area contributed by atoms with Gasteiger partial charge in [-0.05, 0) is 0 Å². The van der Waals surface area contributed by atoms with Gasteiger partial charge in [0, 0.05) is 6.54 Å². The van der Waals surface area contributed by atoms with Crippen LogP contribution in [0.4, 0.5) is 13.2 Å². The van der Waals surface area contributed by atoms with Crippen molar-refractivity contribution in [1.29, 1.82) is 0 Å². The standard InChI is InChI=1S/C5H7F3N2O3/c6-5(7,8)4(12)13-3(11)2(10)1-9/h2H,1,9-10H2/t2-/m0/s1. The molecule has 0 aromatic rings. The van der Waals surface area contributed by atoms with Crippen molar-refractivity contribution in [2.75, 3.05) is 6.54 Å². The van der Waals surface area contributed by atoms with Crippen molar-refractivity contribution in [3.63, 3.8) is 0 Å². The lowest BCUT2D eigenvalue weighted by atomic mass is 10.3. The van der Waals surface area contributed by atoms with Gasteiger partial charge in [0.15, 0.2) is 0 Å². The Hall–Kier alpha value is -1.15. The van der Waals surface area contributed by atoms with Crippen molar-refractivity contribution in [1.82, 2.24) is 0 Å². The molecule has 0 aliphatic carbocycles. The third-order valence-corrected chi connectivity index (χ3v) is 0.981. The van der Waals surface area contributed by atoms with E-state index in [0.29, 0.717) is 0 Å². The van der Waals surface area contributed by atoms with Crippen molar-refractivity contribution < 1.29 is 27.5 Å². The quantitative estimate of drug-likeness (QED) is 0.436. The van der Waals surface area contributed by atoms with E-state index < -0.39 is 30.7 Å². The zero-order valence-electron chi connectivity index (χ0n) is 6.30. The highest BCUT2D eigenvalue weighted by Crippen LogP contribution is 2.16. The first-order valence-corrected chi connectivity index (χ1v) is 3.07. The number of carbonyl (C=O) groups excluding carboxylic acids is 2. The van der Waals surface area contributed by atoms with E-state index in [1.165, 1.54) is 0 Å². The molecule has 0 bridgehead atoms. The largest absolute Gasteiger partial charge is 0.491 e. The van der Waals surface area contributed by atoms with Gasteiger partial charge < -0.3 is 16.2 Å². The van der Waals surface area contributed by atoms with Crippen LogP contribution < -0.4 is 11.5 Å². The number of esters is 2. The molecule has 0 unspecified atom stereocenters. The molecular formula is C5H7F3N2O3. The van der Waals surface area contributed by atoms with Gasteiger partial charge in [-0.3, -0.25) is 0 Å². The maximum Gasteiger partial charge on any atom is 0.491 e. The molecule has 0 rings (SSSR count). The molecule has 0 saturated heterocycles. The molecule has 76 valence electrons. The summed E-state index contributed by atoms with van der Waals surface area (Å²) >= 11 is 0. The van der Waals surface area contributed by atoms with Crippen LogP contribution in [0.5, 0.6) is 0 Å². The maximum atomic E-state index is 11.5. The molecule has 5 nitrogen and oxygen atoms in total. The summed E-state index contributed by atoms with van der Waals surface area (Å²) in [5, 5.41) is 0. The van der Waals surface area contributed by atoms with E-state index in [4.69, 9.17) is 11.5 Å². The SMILES string of the molecule is NC[C@H](N)C(=O)OC(=O)C(F)(F)F. The molecule has 0 aliphatic rings. The average molecular weight is 200 g/mol. The summed E-state index contributed by atoms with van der Waals surface area (Å²) in [6.07, 6.45) is -5.20. The number of carbonyl (C=O) groups is 2. The predicted octanol–water partition coefficient (Wildman–Crippen LogP) is -1.10. The molecule has 0 fully saturated rings. The molecule has 0 aliphatic heterocycles. The van der Waals surface area contributed by atoms with Crippen LogP contribution in [0.2, 0.25) is 0 Å². The van der Waals surface area contributed by atoms with E-state index in [-0.39, 0.29) is 0 Å². The van der Waals surface area contributed by atoms with Gasteiger partial charge in [0.2, 0.25) is 0 Å². The van der Waals surface area contributed by atoms with Gasteiger partial charge >= 0.3 is 18.1 Å². The Labute approximate surface area is 70.8 Å². The van der Waals surface area contributed by atoms with Gasteiger partial charge in [-0.15, -0.1) is 0 Å². The normalized spacial score (nSPS) is 13.6. The third kappa shape index (κ3) is 3.85. The number of nitrogens with two attached hydrogens (primary N) is 2. The fourth-order valence-corrected chi connectivity index (χ4v) is 0.321. The second-order valence-corrected chi connectivity index (χ2v) is 2.05. The summed E-state index contributed by atoms with van der Waals surface area (Å²) in [5.41, 5.74) is 9.73. The maximum absolute atomic E-state index is 11.5. The molecule has 1 atom stereocenters. The van der Waals surface area contributed by atoms with E-state index in [1.807, 2.05) is 0 Å². The first-order chi connectivity index (χ1) is 5.79. The van der Waals surface area contributed by atoms with Crippen molar-refractivity contribution >= 4 is 11.9 Å². The van der Waals surface area contributed by atoms with Crippen molar-refractivity contribution in [3.8, 4) is 0 Å². The van der Waals surface area contributed by atoms with E-state index in [2.05, 4.69) is 4.74 Å². The van der Waals surface area contributed by atoms with Crippen molar-refractivity contribution in [2.45, 2.75) is 12.2 Å². The molecule has 4 N–H and O–H groups in total. The summed E-state index contributed by atoms with van der Waals surface area (Å²) in [5.74, 6) is -4.09. The van der Waals surface area contributed by atoms with Crippen molar-refractivity contribution in [3.05, 3.63) is 0 Å². The number of hydrogen-bond acceptors (Lipinski definition) is 5.